The highest BCUT2D eigenvalue weighted by Gasteiger charge is 2.31. The van der Waals surface area contributed by atoms with Gasteiger partial charge >= 0.3 is 6.11 Å². The molecule has 1 aliphatic heterocycles. The molecule has 0 saturated carbocycles. The third-order valence-corrected chi connectivity index (χ3v) is 0.923. The van der Waals surface area contributed by atoms with Crippen molar-refractivity contribution in [3.8, 4) is 0 Å². The predicted molar refractivity (Wildman–Crippen MR) is 23.8 cm³/mol. The molecule has 8 heavy (non-hydrogen) atoms. The number of rotatable bonds is 0. The van der Waals surface area contributed by atoms with Gasteiger partial charge in [0.2, 0.25) is 0 Å². The minimum atomic E-state index is -2.93. The van der Waals surface area contributed by atoms with Crippen LogP contribution < -0.4 is 5.32 Å². The molecule has 1 saturated heterocycles. The van der Waals surface area contributed by atoms with E-state index < -0.39 is 6.11 Å². The lowest BCUT2D eigenvalue weighted by Crippen LogP contribution is -2.43. The second kappa shape index (κ2) is 1.95. The van der Waals surface area contributed by atoms with Crippen molar-refractivity contribution in [2.24, 2.45) is 0 Å². The Morgan fingerprint density at radius 3 is 2.50 bits per heavy atom. The molecule has 0 aromatic carbocycles. The Morgan fingerprint density at radius 1 is 1.50 bits per heavy atom. The van der Waals surface area contributed by atoms with Gasteiger partial charge in [0.25, 0.3) is 0 Å². The first kappa shape index (κ1) is 5.91. The standard InChI is InChI=1S/C4H7F2NO/c5-4(6)3-7-1-2-8-4/h7H,1-3H2. The molecule has 0 aromatic rings. The van der Waals surface area contributed by atoms with E-state index in [-0.39, 0.29) is 13.2 Å². The molecule has 1 rings (SSSR count). The van der Waals surface area contributed by atoms with Crippen LogP contribution in [0.2, 0.25) is 0 Å². The number of hydrogen-bond acceptors (Lipinski definition) is 2. The van der Waals surface area contributed by atoms with Crippen LogP contribution in [0.5, 0.6) is 0 Å². The van der Waals surface area contributed by atoms with Crippen molar-refractivity contribution >= 4 is 0 Å². The lowest BCUT2D eigenvalue weighted by atomic mass is 10.5. The molecule has 0 aliphatic carbocycles. The molecule has 0 radical (unpaired) electrons. The fourth-order valence-electron chi connectivity index (χ4n) is 0.557. The Balaban J connectivity index is 2.33. The summed E-state index contributed by atoms with van der Waals surface area (Å²) in [6.45, 7) is 0.273. The normalized spacial score (nSPS) is 27.8. The number of nitrogens with one attached hydrogen (secondary N) is 1. The number of hydrogen-bond donors (Lipinski definition) is 1. The van der Waals surface area contributed by atoms with Gasteiger partial charge in [0.05, 0.1) is 13.2 Å². The van der Waals surface area contributed by atoms with E-state index >= 15 is 0 Å². The summed E-state index contributed by atoms with van der Waals surface area (Å²) < 4.78 is 27.9. The van der Waals surface area contributed by atoms with Gasteiger partial charge < -0.3 is 10.1 Å². The molecule has 0 aromatic heterocycles. The first-order valence-electron chi connectivity index (χ1n) is 2.43. The third-order valence-electron chi connectivity index (χ3n) is 0.923. The number of morpholine rings is 1. The van der Waals surface area contributed by atoms with Gasteiger partial charge in [-0.15, -0.1) is 0 Å². The maximum Gasteiger partial charge on any atom is 0.368 e. The Labute approximate surface area is 45.8 Å². The summed E-state index contributed by atoms with van der Waals surface area (Å²) in [6.07, 6.45) is -2.93. The van der Waals surface area contributed by atoms with E-state index in [9.17, 15) is 8.78 Å². The summed E-state index contributed by atoms with van der Waals surface area (Å²) in [5.41, 5.74) is 0. The number of alkyl halides is 2. The van der Waals surface area contributed by atoms with Crippen LogP contribution in [-0.4, -0.2) is 25.8 Å². The van der Waals surface area contributed by atoms with Crippen molar-refractivity contribution in [1.29, 1.82) is 0 Å². The molecule has 0 bridgehead atoms. The van der Waals surface area contributed by atoms with Gasteiger partial charge in [0, 0.05) is 6.54 Å². The molecule has 4 heteroatoms. The third kappa shape index (κ3) is 1.38. The van der Waals surface area contributed by atoms with Crippen molar-refractivity contribution in [1.82, 2.24) is 5.32 Å². The van der Waals surface area contributed by atoms with Crippen molar-refractivity contribution in [2.45, 2.75) is 6.11 Å². The second-order valence-corrected chi connectivity index (χ2v) is 1.66. The van der Waals surface area contributed by atoms with Gasteiger partial charge in [0.15, 0.2) is 0 Å². The second-order valence-electron chi connectivity index (χ2n) is 1.66. The summed E-state index contributed by atoms with van der Waals surface area (Å²) in [6, 6.07) is 0. The zero-order valence-corrected chi connectivity index (χ0v) is 4.29. The van der Waals surface area contributed by atoms with E-state index in [1.165, 1.54) is 0 Å². The van der Waals surface area contributed by atoms with Crippen LogP contribution in [0.1, 0.15) is 0 Å². The maximum atomic E-state index is 11.9. The van der Waals surface area contributed by atoms with E-state index in [4.69, 9.17) is 0 Å². The zero-order valence-electron chi connectivity index (χ0n) is 4.29. The largest absolute Gasteiger partial charge is 0.368 e. The van der Waals surface area contributed by atoms with Gasteiger partial charge in [0.1, 0.15) is 0 Å². The quantitative estimate of drug-likeness (QED) is 0.496. The fourth-order valence-corrected chi connectivity index (χ4v) is 0.557. The Morgan fingerprint density at radius 2 is 2.25 bits per heavy atom. The summed E-state index contributed by atoms with van der Waals surface area (Å²) in [5.74, 6) is 0. The van der Waals surface area contributed by atoms with Gasteiger partial charge in [-0.1, -0.05) is 0 Å². The molecule has 0 amide bonds. The molecule has 1 heterocycles. The predicted octanol–water partition coefficient (Wildman–Crippen LogP) is 0.199. The summed E-state index contributed by atoms with van der Waals surface area (Å²) in [5, 5.41) is 2.50. The molecule has 1 aliphatic rings. The van der Waals surface area contributed by atoms with Crippen molar-refractivity contribution in [2.75, 3.05) is 19.7 Å². The fraction of sp³-hybridized carbons (Fsp3) is 1.00. The topological polar surface area (TPSA) is 21.3 Å². The molecule has 2 nitrogen and oxygen atoms in total. The van der Waals surface area contributed by atoms with Gasteiger partial charge in [-0.2, -0.15) is 8.78 Å². The van der Waals surface area contributed by atoms with Crippen LogP contribution in [0.25, 0.3) is 0 Å². The summed E-state index contributed by atoms with van der Waals surface area (Å²) >= 11 is 0. The van der Waals surface area contributed by atoms with E-state index in [1.54, 1.807) is 0 Å². The van der Waals surface area contributed by atoms with Crippen molar-refractivity contribution in [3.05, 3.63) is 0 Å². The SMILES string of the molecule is FC1(F)CNCCO1. The average molecular weight is 123 g/mol. The molecular weight excluding hydrogens is 116 g/mol. The highest BCUT2D eigenvalue weighted by atomic mass is 19.3. The van der Waals surface area contributed by atoms with Gasteiger partial charge in [-0.25, -0.2) is 0 Å². The minimum absolute atomic E-state index is 0.104. The van der Waals surface area contributed by atoms with E-state index in [0.29, 0.717) is 6.54 Å². The summed E-state index contributed by atoms with van der Waals surface area (Å²) in [7, 11) is 0. The molecule has 0 unspecified atom stereocenters. The summed E-state index contributed by atoms with van der Waals surface area (Å²) in [4.78, 5) is 0. The van der Waals surface area contributed by atoms with E-state index in [2.05, 4.69) is 10.1 Å². The molecular formula is C4H7F2NO. The Kier molecular flexibility index (Phi) is 1.44. The lowest BCUT2D eigenvalue weighted by molar-refractivity contribution is -0.246. The van der Waals surface area contributed by atoms with Crippen molar-refractivity contribution < 1.29 is 13.5 Å². The van der Waals surface area contributed by atoms with Crippen LogP contribution in [0, 0.1) is 0 Å². The smallest absolute Gasteiger partial charge is 0.318 e. The van der Waals surface area contributed by atoms with Crippen LogP contribution in [0.15, 0.2) is 0 Å². The highest BCUT2D eigenvalue weighted by molar-refractivity contribution is 4.62. The lowest BCUT2D eigenvalue weighted by Gasteiger charge is -2.21. The number of ether oxygens (including phenoxy) is 1. The van der Waals surface area contributed by atoms with E-state index in [0.717, 1.165) is 0 Å². The monoisotopic (exact) mass is 123 g/mol. The first-order chi connectivity index (χ1) is 3.71. The molecule has 0 atom stereocenters. The van der Waals surface area contributed by atoms with E-state index in [1.807, 2.05) is 0 Å². The van der Waals surface area contributed by atoms with Crippen LogP contribution in [0.4, 0.5) is 8.78 Å². The van der Waals surface area contributed by atoms with Crippen LogP contribution in [-0.2, 0) is 4.74 Å². The average Bonchev–Trinajstić information content (AvgIpc) is 1.65. The molecule has 0 spiro atoms. The van der Waals surface area contributed by atoms with Crippen LogP contribution in [0.3, 0.4) is 0 Å². The van der Waals surface area contributed by atoms with Crippen LogP contribution >= 0.6 is 0 Å². The highest BCUT2D eigenvalue weighted by Crippen LogP contribution is 2.15. The Bertz CT molecular complexity index is 78.1. The maximum absolute atomic E-state index is 11.9. The molecule has 48 valence electrons. The zero-order chi connectivity index (χ0) is 6.04. The molecule has 1 N–H and O–H groups in total. The number of halogens is 2. The molecule has 1 fully saturated rings. The Hall–Kier alpha value is -0.220. The first-order valence-corrected chi connectivity index (χ1v) is 2.43. The minimum Gasteiger partial charge on any atom is -0.318 e. The van der Waals surface area contributed by atoms with Gasteiger partial charge in [-0.05, 0) is 0 Å². The van der Waals surface area contributed by atoms with Crippen molar-refractivity contribution in [3.63, 3.8) is 0 Å². The van der Waals surface area contributed by atoms with Gasteiger partial charge in [-0.3, -0.25) is 0 Å².